The highest BCUT2D eigenvalue weighted by atomic mass is 16.3. The summed E-state index contributed by atoms with van der Waals surface area (Å²) in [5.74, 6) is 0.777. The van der Waals surface area contributed by atoms with Crippen molar-refractivity contribution in [2.45, 2.75) is 6.54 Å². The Bertz CT molecular complexity index is 266. The largest absolute Gasteiger partial charge is 0.465 e. The van der Waals surface area contributed by atoms with Crippen LogP contribution in [0.1, 0.15) is 5.76 Å². The highest BCUT2D eigenvalue weighted by molar-refractivity contribution is 5.91. The molecule has 0 bridgehead atoms. The molecule has 2 amide bonds. The average Bonchev–Trinajstić information content (AvgIpc) is 2.33. The highest BCUT2D eigenvalue weighted by Crippen LogP contribution is 2.18. The predicted molar refractivity (Wildman–Crippen MR) is 34.6 cm³/mol. The molecule has 0 saturated carbocycles. The molecule has 52 valence electrons. The van der Waals surface area contributed by atoms with Gasteiger partial charge < -0.3 is 15.1 Å². The molecule has 1 aliphatic heterocycles. The lowest BCUT2D eigenvalue weighted by molar-refractivity contribution is 0.249. The summed E-state index contributed by atoms with van der Waals surface area (Å²) in [5.41, 5.74) is 0.767. The van der Waals surface area contributed by atoms with Gasteiger partial charge >= 0.3 is 6.03 Å². The first kappa shape index (κ1) is 5.34. The summed E-state index contributed by atoms with van der Waals surface area (Å²) in [6, 6.07) is 1.56. The molecule has 2 heterocycles. The van der Waals surface area contributed by atoms with Gasteiger partial charge in [-0.1, -0.05) is 0 Å². The van der Waals surface area contributed by atoms with Crippen LogP contribution in [-0.4, -0.2) is 6.03 Å². The molecule has 4 heteroatoms. The molecule has 2 rings (SSSR count). The van der Waals surface area contributed by atoms with Gasteiger partial charge in [0.05, 0.1) is 18.5 Å². The van der Waals surface area contributed by atoms with Gasteiger partial charge in [0.25, 0.3) is 0 Å². The van der Waals surface area contributed by atoms with Crippen molar-refractivity contribution in [2.24, 2.45) is 0 Å². The number of nitrogens with one attached hydrogen (secondary N) is 2. The maximum Gasteiger partial charge on any atom is 0.319 e. The Morgan fingerprint density at radius 3 is 3.40 bits per heavy atom. The number of carbonyl (C=O) groups is 1. The molecule has 10 heavy (non-hydrogen) atoms. The maximum absolute atomic E-state index is 10.7. The average molecular weight is 138 g/mol. The minimum Gasteiger partial charge on any atom is -0.465 e. The van der Waals surface area contributed by atoms with E-state index in [1.807, 2.05) is 0 Å². The van der Waals surface area contributed by atoms with E-state index in [0.717, 1.165) is 11.4 Å². The molecule has 1 aromatic heterocycles. The lowest BCUT2D eigenvalue weighted by atomic mass is 10.3. The molecule has 2 N–H and O–H groups in total. The summed E-state index contributed by atoms with van der Waals surface area (Å²) in [6.45, 7) is 0.480. The second-order valence-corrected chi connectivity index (χ2v) is 2.07. The Morgan fingerprint density at radius 2 is 2.50 bits per heavy atom. The number of hydrogen-bond acceptors (Lipinski definition) is 2. The number of carbonyl (C=O) groups excluding carboxylic acids is 1. The van der Waals surface area contributed by atoms with Crippen LogP contribution >= 0.6 is 0 Å². The van der Waals surface area contributed by atoms with Crippen molar-refractivity contribution < 1.29 is 9.21 Å². The zero-order chi connectivity index (χ0) is 6.97. The molecular weight excluding hydrogens is 132 g/mol. The van der Waals surface area contributed by atoms with E-state index in [1.165, 1.54) is 0 Å². The Morgan fingerprint density at radius 1 is 1.60 bits per heavy atom. The molecule has 1 aliphatic rings. The summed E-state index contributed by atoms with van der Waals surface area (Å²) in [5, 5.41) is 5.18. The monoisotopic (exact) mass is 138 g/mol. The van der Waals surface area contributed by atoms with Crippen molar-refractivity contribution in [3.63, 3.8) is 0 Å². The van der Waals surface area contributed by atoms with Gasteiger partial charge in [0.15, 0.2) is 0 Å². The first-order valence-electron chi connectivity index (χ1n) is 2.97. The van der Waals surface area contributed by atoms with Gasteiger partial charge in [-0.15, -0.1) is 0 Å². The molecule has 0 saturated heterocycles. The van der Waals surface area contributed by atoms with Crippen molar-refractivity contribution in [3.05, 3.63) is 18.1 Å². The van der Waals surface area contributed by atoms with Crippen LogP contribution in [0.2, 0.25) is 0 Å². The van der Waals surface area contributed by atoms with E-state index in [9.17, 15) is 4.79 Å². The molecule has 0 aliphatic carbocycles. The summed E-state index contributed by atoms with van der Waals surface area (Å²) in [7, 11) is 0. The van der Waals surface area contributed by atoms with Crippen LogP contribution in [0, 0.1) is 0 Å². The molecule has 0 aromatic carbocycles. The first-order valence-corrected chi connectivity index (χ1v) is 2.97. The van der Waals surface area contributed by atoms with Gasteiger partial charge in [-0.3, -0.25) is 0 Å². The van der Waals surface area contributed by atoms with Gasteiger partial charge in [0.1, 0.15) is 5.76 Å². The van der Waals surface area contributed by atoms with Gasteiger partial charge in [0, 0.05) is 6.07 Å². The molecular formula is C6H6N2O2. The van der Waals surface area contributed by atoms with Crippen molar-refractivity contribution in [2.75, 3.05) is 5.32 Å². The summed E-state index contributed by atoms with van der Waals surface area (Å²) in [6.07, 6.45) is 1.55. The van der Waals surface area contributed by atoms with E-state index in [4.69, 9.17) is 4.42 Å². The number of urea groups is 1. The fourth-order valence-electron chi connectivity index (χ4n) is 0.916. The standard InChI is InChI=1S/C6H6N2O2/c9-6-7-3-5-4(8-6)1-2-10-5/h1-2H,3H2,(H2,7,8,9). The maximum atomic E-state index is 10.7. The van der Waals surface area contributed by atoms with Crippen LogP contribution < -0.4 is 10.6 Å². The van der Waals surface area contributed by atoms with Crippen molar-refractivity contribution in [1.29, 1.82) is 0 Å². The van der Waals surface area contributed by atoms with E-state index >= 15 is 0 Å². The summed E-state index contributed by atoms with van der Waals surface area (Å²) in [4.78, 5) is 10.7. The minimum absolute atomic E-state index is 0.172. The minimum atomic E-state index is -0.172. The molecule has 0 atom stereocenters. The second-order valence-electron chi connectivity index (χ2n) is 2.07. The number of anilines is 1. The number of furan rings is 1. The predicted octanol–water partition coefficient (Wildman–Crippen LogP) is 0.915. The van der Waals surface area contributed by atoms with E-state index in [-0.39, 0.29) is 6.03 Å². The third kappa shape index (κ3) is 0.655. The normalized spacial score (nSPS) is 15.4. The number of fused-ring (bicyclic) bond motifs is 1. The number of rotatable bonds is 0. The first-order chi connectivity index (χ1) is 4.86. The zero-order valence-corrected chi connectivity index (χ0v) is 5.18. The molecule has 0 radical (unpaired) electrons. The third-order valence-electron chi connectivity index (χ3n) is 1.40. The third-order valence-corrected chi connectivity index (χ3v) is 1.40. The molecule has 0 fully saturated rings. The molecule has 4 nitrogen and oxygen atoms in total. The van der Waals surface area contributed by atoms with Crippen LogP contribution in [0.15, 0.2) is 16.7 Å². The van der Waals surface area contributed by atoms with E-state index in [2.05, 4.69) is 10.6 Å². The fourth-order valence-corrected chi connectivity index (χ4v) is 0.916. The van der Waals surface area contributed by atoms with Crippen LogP contribution in [0.5, 0.6) is 0 Å². The lowest BCUT2D eigenvalue weighted by Gasteiger charge is -2.11. The van der Waals surface area contributed by atoms with E-state index in [1.54, 1.807) is 12.3 Å². The van der Waals surface area contributed by atoms with E-state index < -0.39 is 0 Å². The van der Waals surface area contributed by atoms with Crippen LogP contribution in [0.3, 0.4) is 0 Å². The van der Waals surface area contributed by atoms with E-state index in [0.29, 0.717) is 6.54 Å². The van der Waals surface area contributed by atoms with Gasteiger partial charge in [-0.05, 0) is 0 Å². The topological polar surface area (TPSA) is 54.3 Å². The molecule has 0 spiro atoms. The van der Waals surface area contributed by atoms with Crippen molar-refractivity contribution in [3.8, 4) is 0 Å². The van der Waals surface area contributed by atoms with Gasteiger partial charge in [-0.2, -0.15) is 0 Å². The fraction of sp³-hybridized carbons (Fsp3) is 0.167. The SMILES string of the molecule is O=C1NCc2occc2N1. The van der Waals surface area contributed by atoms with Crippen LogP contribution in [0.25, 0.3) is 0 Å². The molecule has 0 unspecified atom stereocenters. The Balaban J connectivity index is 2.39. The molecule has 1 aromatic rings. The Hall–Kier alpha value is -1.45. The van der Waals surface area contributed by atoms with Crippen molar-refractivity contribution in [1.82, 2.24) is 5.32 Å². The number of amides is 2. The van der Waals surface area contributed by atoms with Crippen LogP contribution in [0.4, 0.5) is 10.5 Å². The summed E-state index contributed by atoms with van der Waals surface area (Å²) >= 11 is 0. The Labute approximate surface area is 57.2 Å². The Kier molecular flexibility index (Phi) is 0.943. The van der Waals surface area contributed by atoms with Crippen molar-refractivity contribution >= 4 is 11.7 Å². The van der Waals surface area contributed by atoms with Crippen LogP contribution in [-0.2, 0) is 6.54 Å². The second kappa shape index (κ2) is 1.76. The highest BCUT2D eigenvalue weighted by Gasteiger charge is 2.14. The summed E-state index contributed by atoms with van der Waals surface area (Å²) < 4.78 is 5.03. The van der Waals surface area contributed by atoms with Gasteiger partial charge in [-0.25, -0.2) is 4.79 Å². The number of hydrogen-bond donors (Lipinski definition) is 2. The van der Waals surface area contributed by atoms with Gasteiger partial charge in [0.2, 0.25) is 0 Å². The zero-order valence-electron chi connectivity index (χ0n) is 5.18. The lowest BCUT2D eigenvalue weighted by Crippen LogP contribution is -2.32. The quantitative estimate of drug-likeness (QED) is 0.560. The smallest absolute Gasteiger partial charge is 0.319 e.